The standard InChI is InChI=1S/C19H22N2O3/c1-15-6-5-9-19(23)21(15)13-11-18(22)20-12-10-17(14-20)24-16-7-3-2-4-8-16/h2-9,17H,10-14H2,1H3/t17-/m1/s1. The van der Waals surface area contributed by atoms with E-state index in [2.05, 4.69) is 0 Å². The molecule has 0 spiro atoms. The zero-order chi connectivity index (χ0) is 16.9. The van der Waals surface area contributed by atoms with Gasteiger partial charge in [-0.15, -0.1) is 0 Å². The molecule has 0 bridgehead atoms. The van der Waals surface area contributed by atoms with Crippen LogP contribution in [0.15, 0.2) is 53.3 Å². The first kappa shape index (κ1) is 16.3. The van der Waals surface area contributed by atoms with E-state index in [1.807, 2.05) is 48.2 Å². The fourth-order valence-electron chi connectivity index (χ4n) is 3.02. The fourth-order valence-corrected chi connectivity index (χ4v) is 3.02. The van der Waals surface area contributed by atoms with Crippen LogP contribution >= 0.6 is 0 Å². The maximum Gasteiger partial charge on any atom is 0.250 e. The van der Waals surface area contributed by atoms with Crippen LogP contribution in [-0.2, 0) is 11.3 Å². The number of pyridine rings is 1. The van der Waals surface area contributed by atoms with Gasteiger partial charge in [0.1, 0.15) is 11.9 Å². The number of hydrogen-bond acceptors (Lipinski definition) is 3. The van der Waals surface area contributed by atoms with Crippen molar-refractivity contribution in [3.05, 3.63) is 64.6 Å². The lowest BCUT2D eigenvalue weighted by molar-refractivity contribution is -0.130. The van der Waals surface area contributed by atoms with Crippen molar-refractivity contribution in [3.8, 4) is 5.75 Å². The number of carbonyl (C=O) groups is 1. The molecule has 1 atom stereocenters. The van der Waals surface area contributed by atoms with Crippen LogP contribution in [0.5, 0.6) is 5.75 Å². The number of aryl methyl sites for hydroxylation is 1. The number of carbonyl (C=O) groups excluding carboxylic acids is 1. The molecule has 1 saturated heterocycles. The van der Waals surface area contributed by atoms with Gasteiger partial charge in [0.25, 0.3) is 5.56 Å². The Morgan fingerprint density at radius 2 is 1.96 bits per heavy atom. The molecular weight excluding hydrogens is 304 g/mol. The Balaban J connectivity index is 1.52. The van der Waals surface area contributed by atoms with Gasteiger partial charge in [0.15, 0.2) is 0 Å². The lowest BCUT2D eigenvalue weighted by Gasteiger charge is -2.18. The van der Waals surface area contributed by atoms with Crippen molar-refractivity contribution < 1.29 is 9.53 Å². The predicted octanol–water partition coefficient (Wildman–Crippen LogP) is 2.23. The molecule has 1 amide bonds. The van der Waals surface area contributed by atoms with Crippen LogP contribution in [0.25, 0.3) is 0 Å². The Kier molecular flexibility index (Phi) is 4.99. The van der Waals surface area contributed by atoms with E-state index in [9.17, 15) is 9.59 Å². The maximum atomic E-state index is 12.4. The van der Waals surface area contributed by atoms with Crippen LogP contribution in [0, 0.1) is 6.92 Å². The largest absolute Gasteiger partial charge is 0.489 e. The average Bonchev–Trinajstić information content (AvgIpc) is 3.04. The molecular formula is C19H22N2O3. The number of benzene rings is 1. The van der Waals surface area contributed by atoms with E-state index in [4.69, 9.17) is 4.74 Å². The Morgan fingerprint density at radius 3 is 2.71 bits per heavy atom. The SMILES string of the molecule is Cc1cccc(=O)n1CCC(=O)N1CC[C@@H](Oc2ccccc2)C1. The molecule has 0 N–H and O–H groups in total. The van der Waals surface area contributed by atoms with E-state index < -0.39 is 0 Å². The Hall–Kier alpha value is -2.56. The summed E-state index contributed by atoms with van der Waals surface area (Å²) in [5.41, 5.74) is 0.816. The number of aromatic nitrogens is 1. The second-order valence-corrected chi connectivity index (χ2v) is 6.09. The number of hydrogen-bond donors (Lipinski definition) is 0. The highest BCUT2D eigenvalue weighted by Gasteiger charge is 2.27. The summed E-state index contributed by atoms with van der Waals surface area (Å²) >= 11 is 0. The second-order valence-electron chi connectivity index (χ2n) is 6.09. The van der Waals surface area contributed by atoms with Gasteiger partial charge in [-0.2, -0.15) is 0 Å². The highest BCUT2D eigenvalue weighted by molar-refractivity contribution is 5.76. The van der Waals surface area contributed by atoms with Gasteiger partial charge in [0.2, 0.25) is 5.91 Å². The first-order chi connectivity index (χ1) is 11.6. The van der Waals surface area contributed by atoms with Crippen LogP contribution in [0.1, 0.15) is 18.5 Å². The minimum Gasteiger partial charge on any atom is -0.489 e. The molecule has 0 aliphatic carbocycles. The van der Waals surface area contributed by atoms with E-state index in [1.165, 1.54) is 6.07 Å². The van der Waals surface area contributed by atoms with Crippen LogP contribution < -0.4 is 10.3 Å². The van der Waals surface area contributed by atoms with Gasteiger partial charge in [-0.05, 0) is 25.1 Å². The fraction of sp³-hybridized carbons (Fsp3) is 0.368. The smallest absolute Gasteiger partial charge is 0.250 e. The molecule has 1 aromatic carbocycles. The molecule has 1 fully saturated rings. The normalized spacial score (nSPS) is 17.0. The molecule has 5 nitrogen and oxygen atoms in total. The predicted molar refractivity (Wildman–Crippen MR) is 92.1 cm³/mol. The van der Waals surface area contributed by atoms with E-state index in [-0.39, 0.29) is 17.6 Å². The lowest BCUT2D eigenvalue weighted by atomic mass is 10.3. The van der Waals surface area contributed by atoms with Crippen molar-refractivity contribution in [1.29, 1.82) is 0 Å². The van der Waals surface area contributed by atoms with Crippen molar-refractivity contribution in [2.45, 2.75) is 32.4 Å². The van der Waals surface area contributed by atoms with Gasteiger partial charge >= 0.3 is 0 Å². The quantitative estimate of drug-likeness (QED) is 0.846. The molecule has 2 heterocycles. The van der Waals surface area contributed by atoms with Crippen molar-refractivity contribution in [2.24, 2.45) is 0 Å². The monoisotopic (exact) mass is 326 g/mol. The minimum absolute atomic E-state index is 0.0394. The molecule has 2 aromatic rings. The summed E-state index contributed by atoms with van der Waals surface area (Å²) in [7, 11) is 0. The molecule has 3 rings (SSSR count). The molecule has 0 radical (unpaired) electrons. The molecule has 1 aromatic heterocycles. The summed E-state index contributed by atoms with van der Waals surface area (Å²) in [4.78, 5) is 26.1. The minimum atomic E-state index is -0.0606. The van der Waals surface area contributed by atoms with Crippen molar-refractivity contribution >= 4 is 5.91 Å². The topological polar surface area (TPSA) is 51.5 Å². The molecule has 0 unspecified atom stereocenters. The van der Waals surface area contributed by atoms with Crippen LogP contribution in [0.2, 0.25) is 0 Å². The number of nitrogens with zero attached hydrogens (tertiary/aromatic N) is 2. The Morgan fingerprint density at radius 1 is 1.17 bits per heavy atom. The van der Waals surface area contributed by atoms with Crippen molar-refractivity contribution in [3.63, 3.8) is 0 Å². The molecule has 126 valence electrons. The molecule has 1 aliphatic rings. The first-order valence-corrected chi connectivity index (χ1v) is 8.29. The second kappa shape index (κ2) is 7.34. The van der Waals surface area contributed by atoms with E-state index >= 15 is 0 Å². The number of rotatable bonds is 5. The summed E-state index contributed by atoms with van der Waals surface area (Å²) in [6, 6.07) is 14.8. The number of para-hydroxylation sites is 1. The van der Waals surface area contributed by atoms with Crippen molar-refractivity contribution in [2.75, 3.05) is 13.1 Å². The highest BCUT2D eigenvalue weighted by Crippen LogP contribution is 2.18. The number of amides is 1. The summed E-state index contributed by atoms with van der Waals surface area (Å²) in [5, 5.41) is 0. The first-order valence-electron chi connectivity index (χ1n) is 8.29. The van der Waals surface area contributed by atoms with Crippen LogP contribution in [-0.4, -0.2) is 34.6 Å². The van der Waals surface area contributed by atoms with E-state index in [0.717, 1.165) is 17.9 Å². The van der Waals surface area contributed by atoms with Gasteiger partial charge < -0.3 is 14.2 Å². The average molecular weight is 326 g/mol. The zero-order valence-corrected chi connectivity index (χ0v) is 13.9. The van der Waals surface area contributed by atoms with Crippen LogP contribution in [0.4, 0.5) is 0 Å². The summed E-state index contributed by atoms with van der Waals surface area (Å²) in [5.74, 6) is 0.910. The molecule has 1 aliphatic heterocycles. The summed E-state index contributed by atoms with van der Waals surface area (Å²) in [6.07, 6.45) is 1.21. The molecule has 5 heteroatoms. The summed E-state index contributed by atoms with van der Waals surface area (Å²) in [6.45, 7) is 3.62. The van der Waals surface area contributed by atoms with Gasteiger partial charge in [0.05, 0.1) is 6.54 Å². The Bertz CT molecular complexity index is 755. The Labute approximate surface area is 141 Å². The third-order valence-electron chi connectivity index (χ3n) is 4.36. The highest BCUT2D eigenvalue weighted by atomic mass is 16.5. The number of ether oxygens (including phenoxy) is 1. The van der Waals surface area contributed by atoms with Gasteiger partial charge in [-0.3, -0.25) is 9.59 Å². The molecule has 24 heavy (non-hydrogen) atoms. The van der Waals surface area contributed by atoms with Gasteiger partial charge in [0, 0.05) is 37.7 Å². The van der Waals surface area contributed by atoms with Crippen LogP contribution in [0.3, 0.4) is 0 Å². The lowest BCUT2D eigenvalue weighted by Crippen LogP contribution is -2.32. The number of likely N-dealkylation sites (tertiary alicyclic amines) is 1. The maximum absolute atomic E-state index is 12.4. The van der Waals surface area contributed by atoms with Gasteiger partial charge in [-0.25, -0.2) is 0 Å². The van der Waals surface area contributed by atoms with Crippen molar-refractivity contribution in [1.82, 2.24) is 9.47 Å². The van der Waals surface area contributed by atoms with Gasteiger partial charge in [-0.1, -0.05) is 24.3 Å². The molecule has 0 saturated carbocycles. The third-order valence-corrected chi connectivity index (χ3v) is 4.36. The van der Waals surface area contributed by atoms with E-state index in [0.29, 0.717) is 26.1 Å². The van der Waals surface area contributed by atoms with E-state index in [1.54, 1.807) is 10.6 Å². The zero-order valence-electron chi connectivity index (χ0n) is 13.9. The summed E-state index contributed by atoms with van der Waals surface area (Å²) < 4.78 is 7.55. The third kappa shape index (κ3) is 3.85.